The topological polar surface area (TPSA) is 152 Å². The third-order valence-corrected chi connectivity index (χ3v) is 3.62. The number of esters is 1. The first-order valence-electron chi connectivity index (χ1n) is 10.2. The van der Waals surface area contributed by atoms with Crippen molar-refractivity contribution in [2.45, 2.75) is 72.6 Å². The van der Waals surface area contributed by atoms with Crippen molar-refractivity contribution < 1.29 is 33.4 Å². The zero-order valence-corrected chi connectivity index (χ0v) is 19.4. The van der Waals surface area contributed by atoms with Crippen molar-refractivity contribution in [3.05, 3.63) is 0 Å². The first kappa shape index (κ1) is 28.1. The highest BCUT2D eigenvalue weighted by Gasteiger charge is 2.26. The summed E-state index contributed by atoms with van der Waals surface area (Å²) >= 11 is 0. The number of alkyl carbamates (subject to hydrolysis) is 1. The Hall–Kier alpha value is -2.85. The second-order valence-electron chi connectivity index (χ2n) is 8.36. The van der Waals surface area contributed by atoms with Gasteiger partial charge in [0.15, 0.2) is 0 Å². The zero-order valence-electron chi connectivity index (χ0n) is 19.4. The van der Waals surface area contributed by atoms with E-state index < -0.39 is 47.5 Å². The number of amides is 4. The van der Waals surface area contributed by atoms with Crippen molar-refractivity contribution in [2.24, 2.45) is 5.92 Å². The largest absolute Gasteiger partial charge is 0.465 e. The van der Waals surface area contributed by atoms with Crippen molar-refractivity contribution in [1.82, 2.24) is 21.3 Å². The molecular weight excluding hydrogens is 408 g/mol. The second kappa shape index (κ2) is 13.5. The molecule has 0 bridgehead atoms. The van der Waals surface area contributed by atoms with Gasteiger partial charge in [-0.1, -0.05) is 13.8 Å². The van der Waals surface area contributed by atoms with Crippen LogP contribution in [0.15, 0.2) is 0 Å². The predicted molar refractivity (Wildman–Crippen MR) is 113 cm³/mol. The fourth-order valence-corrected chi connectivity index (χ4v) is 2.33. The van der Waals surface area contributed by atoms with Gasteiger partial charge in [0.1, 0.15) is 24.2 Å². The Morgan fingerprint density at radius 3 is 1.97 bits per heavy atom. The summed E-state index contributed by atoms with van der Waals surface area (Å²) in [5, 5.41) is 9.71. The molecule has 0 rings (SSSR count). The van der Waals surface area contributed by atoms with Gasteiger partial charge >= 0.3 is 12.1 Å². The van der Waals surface area contributed by atoms with E-state index in [0.29, 0.717) is 6.42 Å². The average Bonchev–Trinajstić information content (AvgIpc) is 2.61. The van der Waals surface area contributed by atoms with Gasteiger partial charge in [-0.25, -0.2) is 4.79 Å². The van der Waals surface area contributed by atoms with Crippen LogP contribution in [0.1, 0.15) is 54.9 Å². The minimum absolute atomic E-state index is 0.0997. The van der Waals surface area contributed by atoms with Crippen LogP contribution < -0.4 is 21.3 Å². The number of carbonyl (C=O) groups is 5. The summed E-state index contributed by atoms with van der Waals surface area (Å²) < 4.78 is 9.87. The SMILES string of the molecule is CCOC(=O)CNC(=O)[C@H](C)NC(=O)CNC(=O)[C@H](CC(C)C)NC(=O)OC(C)(C)C. The average molecular weight is 445 g/mol. The molecule has 0 aromatic rings. The van der Waals surface area contributed by atoms with E-state index in [0.717, 1.165) is 0 Å². The number of ether oxygens (including phenoxy) is 2. The zero-order chi connectivity index (χ0) is 24.2. The van der Waals surface area contributed by atoms with E-state index in [2.05, 4.69) is 21.3 Å². The molecule has 11 nitrogen and oxygen atoms in total. The Labute approximate surface area is 183 Å². The standard InChI is InChI=1S/C20H36N4O7/c1-8-30-16(26)11-22-17(27)13(4)23-15(25)10-21-18(28)14(9-12(2)3)24-19(29)31-20(5,6)7/h12-14H,8-11H2,1-7H3,(H,21,28)(H,22,27)(H,23,25)(H,24,29)/t13-,14-/m0/s1. The van der Waals surface area contributed by atoms with Gasteiger partial charge in [0.25, 0.3) is 0 Å². The quantitative estimate of drug-likeness (QED) is 0.333. The van der Waals surface area contributed by atoms with Crippen molar-refractivity contribution in [3.63, 3.8) is 0 Å². The fraction of sp³-hybridized carbons (Fsp3) is 0.750. The lowest BCUT2D eigenvalue weighted by atomic mass is 10.0. The smallest absolute Gasteiger partial charge is 0.408 e. The van der Waals surface area contributed by atoms with Gasteiger partial charge in [-0.15, -0.1) is 0 Å². The Morgan fingerprint density at radius 2 is 1.45 bits per heavy atom. The maximum Gasteiger partial charge on any atom is 0.408 e. The van der Waals surface area contributed by atoms with Gasteiger partial charge in [-0.3, -0.25) is 19.2 Å². The molecule has 0 aromatic heterocycles. The summed E-state index contributed by atoms with van der Waals surface area (Å²) in [6, 6.07) is -1.81. The molecule has 0 aromatic carbocycles. The number of carbonyl (C=O) groups excluding carboxylic acids is 5. The Morgan fingerprint density at radius 1 is 0.871 bits per heavy atom. The van der Waals surface area contributed by atoms with E-state index in [9.17, 15) is 24.0 Å². The van der Waals surface area contributed by atoms with Crippen LogP contribution in [-0.4, -0.2) is 67.2 Å². The van der Waals surface area contributed by atoms with Crippen molar-refractivity contribution in [2.75, 3.05) is 19.7 Å². The van der Waals surface area contributed by atoms with Gasteiger partial charge < -0.3 is 30.7 Å². The molecule has 0 fully saturated rings. The van der Waals surface area contributed by atoms with E-state index in [1.54, 1.807) is 27.7 Å². The molecule has 11 heteroatoms. The van der Waals surface area contributed by atoms with Gasteiger partial charge in [-0.05, 0) is 47.0 Å². The highest BCUT2D eigenvalue weighted by atomic mass is 16.6. The molecule has 0 radical (unpaired) electrons. The van der Waals surface area contributed by atoms with E-state index in [1.165, 1.54) is 6.92 Å². The summed E-state index contributed by atoms with van der Waals surface area (Å²) in [7, 11) is 0. The molecular formula is C20H36N4O7. The Balaban J connectivity index is 4.61. The van der Waals surface area contributed by atoms with Crippen LogP contribution in [0.25, 0.3) is 0 Å². The molecule has 178 valence electrons. The van der Waals surface area contributed by atoms with Gasteiger partial charge in [0, 0.05) is 0 Å². The number of rotatable bonds is 11. The summed E-state index contributed by atoms with van der Waals surface area (Å²) in [6.07, 6.45) is -0.385. The maximum absolute atomic E-state index is 12.5. The monoisotopic (exact) mass is 444 g/mol. The van der Waals surface area contributed by atoms with Crippen LogP contribution in [0.4, 0.5) is 4.79 Å². The molecule has 0 unspecified atom stereocenters. The fourth-order valence-electron chi connectivity index (χ4n) is 2.33. The predicted octanol–water partition coefficient (Wildman–Crippen LogP) is 0.226. The summed E-state index contributed by atoms with van der Waals surface area (Å²) in [5.41, 5.74) is -0.715. The molecule has 0 saturated heterocycles. The Kier molecular flexibility index (Phi) is 12.2. The van der Waals surface area contributed by atoms with Gasteiger partial charge in [0.05, 0.1) is 13.2 Å². The molecule has 4 N–H and O–H groups in total. The minimum atomic E-state index is -0.926. The second-order valence-corrected chi connectivity index (χ2v) is 8.36. The number of hydrogen-bond donors (Lipinski definition) is 4. The Bertz CT molecular complexity index is 644. The summed E-state index contributed by atoms with van der Waals surface area (Å²) in [5.74, 6) is -2.21. The first-order chi connectivity index (χ1) is 14.2. The van der Waals surface area contributed by atoms with E-state index in [1.807, 2.05) is 13.8 Å². The van der Waals surface area contributed by atoms with Crippen LogP contribution in [-0.2, 0) is 28.7 Å². The summed E-state index contributed by atoms with van der Waals surface area (Å²) in [4.78, 5) is 59.7. The van der Waals surface area contributed by atoms with Gasteiger partial charge in [-0.2, -0.15) is 0 Å². The molecule has 0 heterocycles. The van der Waals surface area contributed by atoms with Gasteiger partial charge in [0.2, 0.25) is 17.7 Å². The molecule has 4 amide bonds. The number of hydrogen-bond acceptors (Lipinski definition) is 7. The lowest BCUT2D eigenvalue weighted by Gasteiger charge is -2.24. The van der Waals surface area contributed by atoms with Crippen LogP contribution in [0.5, 0.6) is 0 Å². The normalized spacial score (nSPS) is 12.9. The number of nitrogens with one attached hydrogen (secondary N) is 4. The molecule has 2 atom stereocenters. The van der Waals surface area contributed by atoms with Crippen LogP contribution in [0.3, 0.4) is 0 Å². The minimum Gasteiger partial charge on any atom is -0.465 e. The lowest BCUT2D eigenvalue weighted by Crippen LogP contribution is -2.52. The molecule has 31 heavy (non-hydrogen) atoms. The lowest BCUT2D eigenvalue weighted by molar-refractivity contribution is -0.143. The van der Waals surface area contributed by atoms with Crippen molar-refractivity contribution >= 4 is 29.8 Å². The van der Waals surface area contributed by atoms with Crippen molar-refractivity contribution in [1.29, 1.82) is 0 Å². The van der Waals surface area contributed by atoms with Crippen molar-refractivity contribution in [3.8, 4) is 0 Å². The van der Waals surface area contributed by atoms with Crippen LogP contribution in [0, 0.1) is 5.92 Å². The first-order valence-corrected chi connectivity index (χ1v) is 10.2. The maximum atomic E-state index is 12.5. The van der Waals surface area contributed by atoms with Crippen LogP contribution >= 0.6 is 0 Å². The molecule has 0 aliphatic carbocycles. The van der Waals surface area contributed by atoms with E-state index >= 15 is 0 Å². The third kappa shape index (κ3) is 13.9. The third-order valence-electron chi connectivity index (χ3n) is 3.62. The van der Waals surface area contributed by atoms with E-state index in [-0.39, 0.29) is 25.6 Å². The highest BCUT2D eigenvalue weighted by molar-refractivity contribution is 5.92. The molecule has 0 spiro atoms. The van der Waals surface area contributed by atoms with Crippen LogP contribution in [0.2, 0.25) is 0 Å². The van der Waals surface area contributed by atoms with E-state index in [4.69, 9.17) is 9.47 Å². The molecule has 0 aliphatic heterocycles. The highest BCUT2D eigenvalue weighted by Crippen LogP contribution is 2.09. The summed E-state index contributed by atoms with van der Waals surface area (Å²) in [6.45, 7) is 11.5. The molecule has 0 aliphatic rings. The molecule has 0 saturated carbocycles.